The normalized spacial score (nSPS) is 14.9. The molecule has 0 saturated carbocycles. The van der Waals surface area contributed by atoms with Crippen LogP contribution in [0.3, 0.4) is 0 Å². The van der Waals surface area contributed by atoms with Crippen molar-refractivity contribution in [3.05, 3.63) is 71.8 Å². The zero-order chi connectivity index (χ0) is 16.0. The van der Waals surface area contributed by atoms with Crippen LogP contribution in [0.25, 0.3) is 11.1 Å². The van der Waals surface area contributed by atoms with Crippen molar-refractivity contribution in [1.82, 2.24) is 0 Å². The fourth-order valence-corrected chi connectivity index (χ4v) is 3.51. The van der Waals surface area contributed by atoms with Gasteiger partial charge in [0.1, 0.15) is 5.22 Å². The fraction of sp³-hybridized carbons (Fsp3) is 0.263. The summed E-state index contributed by atoms with van der Waals surface area (Å²) in [5, 5.41) is -0.754. The molecule has 2 aromatic rings. The van der Waals surface area contributed by atoms with Gasteiger partial charge in [-0.05, 0) is 43.0 Å². The first-order valence-electron chi connectivity index (χ1n) is 7.55. The molecule has 0 aromatic heterocycles. The molecule has 0 bridgehead atoms. The van der Waals surface area contributed by atoms with Gasteiger partial charge in [-0.1, -0.05) is 60.7 Å². The summed E-state index contributed by atoms with van der Waals surface area (Å²) in [5.41, 5.74) is 4.29. The monoisotopic (exact) mass is 310 g/mol. The van der Waals surface area contributed by atoms with Crippen LogP contribution in [0.4, 0.5) is 0 Å². The molecular weight excluding hydrogens is 288 g/mol. The average Bonchev–Trinajstić information content (AvgIpc) is 2.57. The molecule has 2 aromatic carbocycles. The van der Waals surface area contributed by atoms with Crippen LogP contribution in [0.5, 0.6) is 0 Å². The number of benzene rings is 2. The second-order valence-corrected chi connectivity index (χ2v) is 6.73. The Kier molecular flexibility index (Phi) is 5.58. The van der Waals surface area contributed by atoms with Gasteiger partial charge in [-0.2, -0.15) is 0 Å². The second kappa shape index (κ2) is 7.43. The van der Waals surface area contributed by atoms with E-state index in [1.54, 1.807) is 0 Å². The van der Waals surface area contributed by atoms with Gasteiger partial charge in [-0.25, -0.2) is 0 Å². The van der Waals surface area contributed by atoms with Gasteiger partial charge >= 0.3 is 0 Å². The average molecular weight is 310 g/mol. The van der Waals surface area contributed by atoms with Gasteiger partial charge in [0.05, 0.1) is 0 Å². The summed E-state index contributed by atoms with van der Waals surface area (Å²) in [6.07, 6.45) is 0. The minimum absolute atomic E-state index is 0.532. The molecule has 0 fully saturated rings. The standard InChI is InChI=1S/C19H22O2Si/c1-4-21-19(3,22-20)18(17-13-9-6-10-14-17)15(2)16-11-7-5-8-12-16/h5-14,22H,4H2,1-3H3. The Morgan fingerprint density at radius 3 is 1.95 bits per heavy atom. The van der Waals surface area contributed by atoms with E-state index in [-0.39, 0.29) is 0 Å². The highest BCUT2D eigenvalue weighted by Crippen LogP contribution is 2.35. The van der Waals surface area contributed by atoms with Gasteiger partial charge in [-0.3, -0.25) is 0 Å². The SMILES string of the molecule is CCOC(C)([SiH]=O)C(=C(C)c1ccccc1)c1ccccc1. The highest BCUT2D eigenvalue weighted by molar-refractivity contribution is 6.30. The molecule has 0 amide bonds. The van der Waals surface area contributed by atoms with E-state index in [2.05, 4.69) is 19.1 Å². The van der Waals surface area contributed by atoms with E-state index in [4.69, 9.17) is 4.74 Å². The van der Waals surface area contributed by atoms with E-state index >= 15 is 0 Å². The molecule has 114 valence electrons. The molecule has 3 heteroatoms. The van der Waals surface area contributed by atoms with Crippen LogP contribution in [0.1, 0.15) is 31.9 Å². The van der Waals surface area contributed by atoms with E-state index in [1.165, 1.54) is 0 Å². The Hall–Kier alpha value is -1.84. The van der Waals surface area contributed by atoms with Crippen LogP contribution in [-0.4, -0.2) is 21.2 Å². The van der Waals surface area contributed by atoms with Crippen LogP contribution in [0, 0.1) is 0 Å². The highest BCUT2D eigenvalue weighted by atomic mass is 28.2. The van der Waals surface area contributed by atoms with Crippen LogP contribution in [0.2, 0.25) is 0 Å². The third-order valence-electron chi connectivity index (χ3n) is 3.81. The first kappa shape index (κ1) is 16.5. The van der Waals surface area contributed by atoms with Gasteiger partial charge in [-0.15, -0.1) is 0 Å². The molecule has 0 N–H and O–H groups in total. The maximum Gasteiger partial charge on any atom is 0.299 e. The number of ether oxygens (including phenoxy) is 1. The second-order valence-electron chi connectivity index (χ2n) is 5.39. The van der Waals surface area contributed by atoms with E-state index in [9.17, 15) is 4.46 Å². The molecule has 0 spiro atoms. The topological polar surface area (TPSA) is 26.3 Å². The largest absolute Gasteiger partial charge is 0.389 e. The third-order valence-corrected chi connectivity index (χ3v) is 4.71. The fourth-order valence-electron chi connectivity index (χ4n) is 2.78. The lowest BCUT2D eigenvalue weighted by Gasteiger charge is -2.29. The molecule has 1 atom stereocenters. The first-order chi connectivity index (χ1) is 10.6. The Labute approximate surface area is 134 Å². The number of allylic oxidation sites excluding steroid dienone is 1. The van der Waals surface area contributed by atoms with Gasteiger partial charge in [0.2, 0.25) is 0 Å². The maximum absolute atomic E-state index is 12.0. The lowest BCUT2D eigenvalue weighted by molar-refractivity contribution is 0.0785. The van der Waals surface area contributed by atoms with Crippen LogP contribution in [0.15, 0.2) is 60.7 Å². The van der Waals surface area contributed by atoms with Gasteiger partial charge in [0, 0.05) is 6.61 Å². The molecule has 22 heavy (non-hydrogen) atoms. The Morgan fingerprint density at radius 2 is 1.50 bits per heavy atom. The van der Waals surface area contributed by atoms with Crippen LogP contribution >= 0.6 is 0 Å². The molecule has 0 aliphatic carbocycles. The zero-order valence-electron chi connectivity index (χ0n) is 13.4. The summed E-state index contributed by atoms with van der Waals surface area (Å²) >= 11 is 0. The van der Waals surface area contributed by atoms with Crippen molar-refractivity contribution in [2.45, 2.75) is 26.0 Å². The Balaban J connectivity index is 2.68. The van der Waals surface area contributed by atoms with E-state index < -0.39 is 14.6 Å². The van der Waals surface area contributed by atoms with Crippen LogP contribution in [-0.2, 0) is 9.20 Å². The predicted octanol–water partition coefficient (Wildman–Crippen LogP) is 4.15. The molecule has 0 radical (unpaired) electrons. The summed E-state index contributed by atoms with van der Waals surface area (Å²) in [6, 6.07) is 20.3. The van der Waals surface area contributed by atoms with Crippen LogP contribution < -0.4 is 0 Å². The van der Waals surface area contributed by atoms with Crippen molar-refractivity contribution in [1.29, 1.82) is 0 Å². The summed E-state index contributed by atoms with van der Waals surface area (Å²) in [7, 11) is -1.11. The minimum Gasteiger partial charge on any atom is -0.389 e. The van der Waals surface area contributed by atoms with Crippen molar-refractivity contribution >= 4 is 20.6 Å². The molecule has 2 rings (SSSR count). The van der Waals surface area contributed by atoms with Crippen molar-refractivity contribution in [3.8, 4) is 0 Å². The lowest BCUT2D eigenvalue weighted by atomic mass is 9.92. The number of hydrogen-bond acceptors (Lipinski definition) is 2. The van der Waals surface area contributed by atoms with Gasteiger partial charge in [0.15, 0.2) is 0 Å². The van der Waals surface area contributed by atoms with Crippen molar-refractivity contribution in [2.75, 3.05) is 6.61 Å². The predicted molar refractivity (Wildman–Crippen MR) is 93.2 cm³/mol. The number of rotatable bonds is 6. The molecule has 2 nitrogen and oxygen atoms in total. The Bertz CT molecular complexity index is 650. The number of hydrogen-bond donors (Lipinski definition) is 0. The Morgan fingerprint density at radius 1 is 1.00 bits per heavy atom. The molecule has 1 unspecified atom stereocenters. The smallest absolute Gasteiger partial charge is 0.299 e. The summed E-state index contributed by atoms with van der Waals surface area (Å²) < 4.78 is 17.9. The zero-order valence-corrected chi connectivity index (χ0v) is 14.5. The summed E-state index contributed by atoms with van der Waals surface area (Å²) in [4.78, 5) is 0. The third kappa shape index (κ3) is 3.49. The van der Waals surface area contributed by atoms with Crippen molar-refractivity contribution in [2.24, 2.45) is 0 Å². The maximum atomic E-state index is 12.0. The molecule has 0 saturated heterocycles. The van der Waals surface area contributed by atoms with Crippen molar-refractivity contribution in [3.63, 3.8) is 0 Å². The summed E-state index contributed by atoms with van der Waals surface area (Å²) in [6.45, 7) is 6.47. The van der Waals surface area contributed by atoms with Gasteiger partial charge < -0.3 is 9.20 Å². The lowest BCUT2D eigenvalue weighted by Crippen LogP contribution is -2.34. The quantitative estimate of drug-likeness (QED) is 0.592. The molecular formula is C19H22O2Si. The van der Waals surface area contributed by atoms with E-state index in [0.29, 0.717) is 6.61 Å². The molecule has 0 heterocycles. The van der Waals surface area contributed by atoms with Crippen molar-refractivity contribution < 1.29 is 9.20 Å². The molecule has 0 aliphatic heterocycles. The summed E-state index contributed by atoms with van der Waals surface area (Å²) in [5.74, 6) is 0. The van der Waals surface area contributed by atoms with Gasteiger partial charge in [0.25, 0.3) is 9.41 Å². The van der Waals surface area contributed by atoms with E-state index in [0.717, 1.165) is 22.3 Å². The highest BCUT2D eigenvalue weighted by Gasteiger charge is 2.32. The molecule has 0 aliphatic rings. The minimum atomic E-state index is -1.11. The first-order valence-corrected chi connectivity index (χ1v) is 8.59. The van der Waals surface area contributed by atoms with E-state index in [1.807, 2.05) is 62.4 Å².